The number of nitrogens with zero attached hydrogens (tertiary/aromatic N) is 1. The van der Waals surface area contributed by atoms with Gasteiger partial charge in [-0.05, 0) is 39.0 Å². The molecule has 0 radical (unpaired) electrons. The third-order valence-corrected chi connectivity index (χ3v) is 3.81. The number of alkyl halides is 2. The quantitative estimate of drug-likeness (QED) is 0.287. The van der Waals surface area contributed by atoms with Crippen LogP contribution in [-0.2, 0) is 12.1 Å². The molecule has 0 aliphatic rings. The number of hydrogen-bond donors (Lipinski definition) is 3. The van der Waals surface area contributed by atoms with Crippen LogP contribution in [0.4, 0.5) is 8.78 Å². The van der Waals surface area contributed by atoms with Gasteiger partial charge in [0.1, 0.15) is 22.9 Å². The lowest BCUT2D eigenvalue weighted by Gasteiger charge is -2.23. The molecule has 0 spiro atoms. The zero-order valence-electron chi connectivity index (χ0n) is 16.0. The second-order valence-electron chi connectivity index (χ2n) is 6.22. The Hall–Kier alpha value is -1.88. The molecule has 0 saturated heterocycles. The van der Waals surface area contributed by atoms with E-state index in [1.54, 1.807) is 44.2 Å². The molecule has 0 amide bonds. The summed E-state index contributed by atoms with van der Waals surface area (Å²) in [4.78, 5) is 4.38. The van der Waals surface area contributed by atoms with Crippen LogP contribution in [0.15, 0.2) is 45.8 Å². The second-order valence-corrected chi connectivity index (χ2v) is 6.22. The van der Waals surface area contributed by atoms with Gasteiger partial charge in [0, 0.05) is 12.1 Å². The highest BCUT2D eigenvalue weighted by Gasteiger charge is 2.27. The zero-order valence-corrected chi connectivity index (χ0v) is 18.4. The first kappa shape index (κ1) is 24.2. The summed E-state index contributed by atoms with van der Waals surface area (Å²) in [6, 6.07) is 10.0. The summed E-state index contributed by atoms with van der Waals surface area (Å²) >= 11 is 0. The fourth-order valence-electron chi connectivity index (χ4n) is 2.42. The van der Waals surface area contributed by atoms with Crippen molar-refractivity contribution in [2.45, 2.75) is 39.5 Å². The molecule has 0 fully saturated rings. The van der Waals surface area contributed by atoms with Crippen LogP contribution in [0, 0.1) is 6.92 Å². The molecule has 1 aromatic heterocycles. The summed E-state index contributed by atoms with van der Waals surface area (Å²) in [5.74, 6) is 1.68. The molecule has 0 saturated carbocycles. The Kier molecular flexibility index (Phi) is 9.66. The van der Waals surface area contributed by atoms with Crippen molar-refractivity contribution in [1.82, 2.24) is 10.6 Å². The first-order valence-electron chi connectivity index (χ1n) is 8.66. The number of rotatable bonds is 8. The summed E-state index contributed by atoms with van der Waals surface area (Å²) in [5, 5.41) is 16.7. The van der Waals surface area contributed by atoms with Crippen LogP contribution in [0.5, 0.6) is 5.75 Å². The number of aryl methyl sites for hydroxylation is 1. The average molecular weight is 509 g/mol. The number of ether oxygens (including phenoxy) is 1. The van der Waals surface area contributed by atoms with E-state index in [2.05, 4.69) is 20.4 Å². The maximum atomic E-state index is 12.5. The summed E-state index contributed by atoms with van der Waals surface area (Å²) in [6.45, 7) is 3.34. The molecule has 1 atom stereocenters. The van der Waals surface area contributed by atoms with Gasteiger partial charge in [0.2, 0.25) is 0 Å². The minimum atomic E-state index is -2.90. The molecule has 1 heterocycles. The fourth-order valence-corrected chi connectivity index (χ4v) is 2.42. The standard InChI is InChI=1S/C19H25F2N3O3.HI/c1-4-22-18(24-12-19(3,25)16-10-9-13(2)26-16)23-11-14-7-5-6-8-15(14)27-17(20)21;/h5-10,17,25H,4,11-12H2,1-3H3,(H2,22,23,24);1H. The largest absolute Gasteiger partial charge is 0.463 e. The summed E-state index contributed by atoms with van der Waals surface area (Å²) in [5.41, 5.74) is -0.704. The first-order valence-corrected chi connectivity index (χ1v) is 8.66. The van der Waals surface area contributed by atoms with Crippen molar-refractivity contribution in [1.29, 1.82) is 0 Å². The van der Waals surface area contributed by atoms with Crippen LogP contribution in [0.25, 0.3) is 0 Å². The number of aliphatic hydroxyl groups is 1. The van der Waals surface area contributed by atoms with E-state index in [9.17, 15) is 13.9 Å². The Morgan fingerprint density at radius 2 is 1.96 bits per heavy atom. The van der Waals surface area contributed by atoms with Crippen molar-refractivity contribution in [2.75, 3.05) is 13.1 Å². The van der Waals surface area contributed by atoms with Crippen molar-refractivity contribution < 1.29 is 23.0 Å². The average Bonchev–Trinajstić information content (AvgIpc) is 3.05. The van der Waals surface area contributed by atoms with Gasteiger partial charge in [0.25, 0.3) is 0 Å². The summed E-state index contributed by atoms with van der Waals surface area (Å²) in [6.07, 6.45) is 0. The third kappa shape index (κ3) is 7.27. The number of halogens is 3. The van der Waals surface area contributed by atoms with Gasteiger partial charge in [0.15, 0.2) is 5.96 Å². The van der Waals surface area contributed by atoms with Crippen LogP contribution >= 0.6 is 24.0 Å². The lowest BCUT2D eigenvalue weighted by molar-refractivity contribution is -0.0504. The van der Waals surface area contributed by atoms with Gasteiger partial charge in [-0.2, -0.15) is 8.78 Å². The van der Waals surface area contributed by atoms with Gasteiger partial charge in [-0.25, -0.2) is 4.99 Å². The maximum Gasteiger partial charge on any atom is 0.387 e. The number of guanidine groups is 1. The van der Waals surface area contributed by atoms with Gasteiger partial charge >= 0.3 is 6.61 Å². The fraction of sp³-hybridized carbons (Fsp3) is 0.421. The lowest BCUT2D eigenvalue weighted by atomic mass is 10.0. The van der Waals surface area contributed by atoms with Gasteiger partial charge in [-0.3, -0.25) is 0 Å². The van der Waals surface area contributed by atoms with Gasteiger partial charge in [-0.15, -0.1) is 24.0 Å². The molecule has 1 aromatic carbocycles. The van der Waals surface area contributed by atoms with Crippen molar-refractivity contribution in [2.24, 2.45) is 4.99 Å². The van der Waals surface area contributed by atoms with E-state index in [-0.39, 0.29) is 42.8 Å². The Morgan fingerprint density at radius 1 is 1.25 bits per heavy atom. The Balaban J connectivity index is 0.00000392. The van der Waals surface area contributed by atoms with Crippen molar-refractivity contribution in [3.8, 4) is 5.75 Å². The molecule has 28 heavy (non-hydrogen) atoms. The number of hydrogen-bond acceptors (Lipinski definition) is 4. The monoisotopic (exact) mass is 509 g/mol. The van der Waals surface area contributed by atoms with Crippen LogP contribution in [-0.4, -0.2) is 30.8 Å². The van der Waals surface area contributed by atoms with E-state index < -0.39 is 12.2 Å². The molecule has 0 aliphatic heterocycles. The number of aliphatic imine (C=N–C) groups is 1. The SMILES string of the molecule is CCNC(=NCc1ccccc1OC(F)F)NCC(C)(O)c1ccc(C)o1.I. The van der Waals surface area contributed by atoms with Gasteiger partial charge in [0.05, 0.1) is 13.1 Å². The van der Waals surface area contributed by atoms with Crippen LogP contribution in [0.1, 0.15) is 30.9 Å². The molecule has 2 rings (SSSR count). The number of para-hydroxylation sites is 1. The number of furan rings is 1. The normalized spacial score (nSPS) is 13.6. The molecule has 0 bridgehead atoms. The van der Waals surface area contributed by atoms with Gasteiger partial charge < -0.3 is 24.9 Å². The van der Waals surface area contributed by atoms with Crippen molar-refractivity contribution >= 4 is 29.9 Å². The first-order chi connectivity index (χ1) is 12.8. The number of benzene rings is 1. The van der Waals surface area contributed by atoms with Crippen LogP contribution in [0.3, 0.4) is 0 Å². The summed E-state index contributed by atoms with van der Waals surface area (Å²) < 4.78 is 35.0. The highest BCUT2D eigenvalue weighted by atomic mass is 127. The molecule has 0 aliphatic carbocycles. The topological polar surface area (TPSA) is 79.0 Å². The Bertz CT molecular complexity index is 766. The Labute approximate surface area is 180 Å². The molecule has 2 aromatic rings. The minimum absolute atomic E-state index is 0. The van der Waals surface area contributed by atoms with Crippen LogP contribution < -0.4 is 15.4 Å². The van der Waals surface area contributed by atoms with E-state index in [0.29, 0.717) is 29.6 Å². The minimum Gasteiger partial charge on any atom is -0.463 e. The van der Waals surface area contributed by atoms with E-state index in [0.717, 1.165) is 0 Å². The number of nitrogens with one attached hydrogen (secondary N) is 2. The summed E-state index contributed by atoms with van der Waals surface area (Å²) in [7, 11) is 0. The van der Waals surface area contributed by atoms with Crippen molar-refractivity contribution in [3.05, 3.63) is 53.5 Å². The lowest BCUT2D eigenvalue weighted by Crippen LogP contribution is -2.44. The van der Waals surface area contributed by atoms with Gasteiger partial charge in [-0.1, -0.05) is 18.2 Å². The Morgan fingerprint density at radius 3 is 2.57 bits per heavy atom. The van der Waals surface area contributed by atoms with Crippen molar-refractivity contribution in [3.63, 3.8) is 0 Å². The predicted molar refractivity (Wildman–Crippen MR) is 114 cm³/mol. The second kappa shape index (κ2) is 11.2. The molecule has 9 heteroatoms. The molecular formula is C19H26F2IN3O3. The molecule has 1 unspecified atom stereocenters. The molecule has 156 valence electrons. The zero-order chi connectivity index (χ0) is 19.9. The van der Waals surface area contributed by atoms with E-state index in [4.69, 9.17) is 4.42 Å². The highest BCUT2D eigenvalue weighted by Crippen LogP contribution is 2.22. The smallest absolute Gasteiger partial charge is 0.387 e. The van der Waals surface area contributed by atoms with E-state index >= 15 is 0 Å². The molecule has 3 N–H and O–H groups in total. The molecule has 6 nitrogen and oxygen atoms in total. The van der Waals surface area contributed by atoms with E-state index in [1.807, 2.05) is 6.92 Å². The molecular weight excluding hydrogens is 483 g/mol. The van der Waals surface area contributed by atoms with E-state index in [1.165, 1.54) is 6.07 Å². The predicted octanol–water partition coefficient (Wildman–Crippen LogP) is 3.77. The third-order valence-electron chi connectivity index (χ3n) is 3.81. The van der Waals surface area contributed by atoms with Crippen LogP contribution in [0.2, 0.25) is 0 Å². The highest BCUT2D eigenvalue weighted by molar-refractivity contribution is 14.0. The maximum absolute atomic E-state index is 12.5.